The molecule has 1 aromatic carbocycles. The van der Waals surface area contributed by atoms with Gasteiger partial charge in [0.1, 0.15) is 5.75 Å². The Labute approximate surface area is 125 Å². The van der Waals surface area contributed by atoms with Crippen LogP contribution in [-0.2, 0) is 16.0 Å². The Hall–Kier alpha value is -2.25. The molecule has 0 saturated carbocycles. The van der Waals surface area contributed by atoms with E-state index in [0.717, 1.165) is 0 Å². The minimum absolute atomic E-state index is 0.0150. The van der Waals surface area contributed by atoms with E-state index in [1.807, 2.05) is 0 Å². The molecule has 8 heteroatoms. The fourth-order valence-electron chi connectivity index (χ4n) is 1.73. The topological polar surface area (TPSA) is 75.6 Å². The molecular weight excluding hydrogens is 303 g/mol. The molecule has 1 unspecified atom stereocenters. The van der Waals surface area contributed by atoms with Crippen LogP contribution in [-0.4, -0.2) is 35.8 Å². The van der Waals surface area contributed by atoms with Gasteiger partial charge in [-0.25, -0.2) is 0 Å². The van der Waals surface area contributed by atoms with Crippen LogP contribution < -0.4 is 10.1 Å². The molecule has 1 atom stereocenters. The van der Waals surface area contributed by atoms with Gasteiger partial charge in [0.25, 0.3) is 0 Å². The molecule has 1 aromatic rings. The first-order valence-electron chi connectivity index (χ1n) is 6.45. The quantitative estimate of drug-likeness (QED) is 0.807. The summed E-state index contributed by atoms with van der Waals surface area (Å²) in [5.74, 6) is -1.43. The normalized spacial score (nSPS) is 12.5. The van der Waals surface area contributed by atoms with Gasteiger partial charge in [-0.1, -0.05) is 12.1 Å². The van der Waals surface area contributed by atoms with E-state index in [-0.39, 0.29) is 18.6 Å². The summed E-state index contributed by atoms with van der Waals surface area (Å²) in [5.41, 5.74) is 0.472. The van der Waals surface area contributed by atoms with E-state index in [1.165, 1.54) is 18.2 Å². The highest BCUT2D eigenvalue weighted by molar-refractivity contribution is 5.79. The van der Waals surface area contributed by atoms with Crippen molar-refractivity contribution >= 4 is 11.9 Å². The molecule has 0 spiro atoms. The van der Waals surface area contributed by atoms with Crippen LogP contribution in [0.15, 0.2) is 24.3 Å². The van der Waals surface area contributed by atoms with Gasteiger partial charge < -0.3 is 15.2 Å². The van der Waals surface area contributed by atoms with Gasteiger partial charge in [-0.15, -0.1) is 0 Å². The second-order valence-electron chi connectivity index (χ2n) is 4.79. The molecule has 0 aliphatic rings. The number of rotatable bonds is 7. The third-order valence-electron chi connectivity index (χ3n) is 2.55. The highest BCUT2D eigenvalue weighted by atomic mass is 19.4. The number of benzene rings is 1. The van der Waals surface area contributed by atoms with Crippen LogP contribution in [0.4, 0.5) is 13.2 Å². The third kappa shape index (κ3) is 7.51. The summed E-state index contributed by atoms with van der Waals surface area (Å²) < 4.78 is 40.8. The number of nitrogens with one attached hydrogen (secondary N) is 1. The lowest BCUT2D eigenvalue weighted by Gasteiger charge is -2.12. The highest BCUT2D eigenvalue weighted by Crippen LogP contribution is 2.19. The lowest BCUT2D eigenvalue weighted by Crippen LogP contribution is -2.35. The van der Waals surface area contributed by atoms with Crippen molar-refractivity contribution in [1.82, 2.24) is 5.32 Å². The molecule has 0 radical (unpaired) electrons. The third-order valence-corrected chi connectivity index (χ3v) is 2.55. The number of carbonyl (C=O) groups excluding carboxylic acids is 1. The molecule has 0 bridgehead atoms. The van der Waals surface area contributed by atoms with Crippen LogP contribution in [0.2, 0.25) is 0 Å². The van der Waals surface area contributed by atoms with Crippen LogP contribution in [0, 0.1) is 0 Å². The molecule has 2 N–H and O–H groups in total. The first-order valence-corrected chi connectivity index (χ1v) is 6.45. The zero-order chi connectivity index (χ0) is 16.8. The maximum atomic E-state index is 12.1. The second-order valence-corrected chi connectivity index (χ2v) is 4.79. The molecule has 122 valence electrons. The average Bonchev–Trinajstić information content (AvgIpc) is 2.34. The number of hydrogen-bond acceptors (Lipinski definition) is 3. The fourth-order valence-corrected chi connectivity index (χ4v) is 1.73. The molecule has 0 aromatic heterocycles. The number of halogens is 3. The van der Waals surface area contributed by atoms with Gasteiger partial charge in [0.2, 0.25) is 5.91 Å². The predicted molar refractivity (Wildman–Crippen MR) is 71.6 cm³/mol. The van der Waals surface area contributed by atoms with Crippen LogP contribution >= 0.6 is 0 Å². The molecule has 0 saturated heterocycles. The molecule has 0 aliphatic heterocycles. The number of alkyl halides is 3. The summed E-state index contributed by atoms with van der Waals surface area (Å²) in [6.45, 7) is 0.146. The van der Waals surface area contributed by atoms with Gasteiger partial charge in [0.15, 0.2) is 6.61 Å². The van der Waals surface area contributed by atoms with Gasteiger partial charge in [0.05, 0.1) is 12.8 Å². The van der Waals surface area contributed by atoms with Crippen molar-refractivity contribution in [2.75, 3.05) is 6.61 Å². The van der Waals surface area contributed by atoms with E-state index >= 15 is 0 Å². The van der Waals surface area contributed by atoms with Crippen molar-refractivity contribution in [3.05, 3.63) is 29.8 Å². The Morgan fingerprint density at radius 3 is 2.64 bits per heavy atom. The molecule has 0 heterocycles. The van der Waals surface area contributed by atoms with Gasteiger partial charge in [-0.2, -0.15) is 13.2 Å². The first-order chi connectivity index (χ1) is 10.2. The largest absolute Gasteiger partial charge is 0.484 e. The molecule has 22 heavy (non-hydrogen) atoms. The number of carbonyl (C=O) groups is 2. The maximum absolute atomic E-state index is 12.1. The minimum atomic E-state index is -4.43. The molecule has 1 rings (SSSR count). The standard InChI is InChI=1S/C14H16F3NO4/c1-9(5-13(20)21)18-12(19)7-10-3-2-4-11(6-10)22-8-14(15,16)17/h2-4,6,9H,5,7-8H2,1H3,(H,18,19)(H,20,21). The zero-order valence-corrected chi connectivity index (χ0v) is 11.8. The Kier molecular flexibility index (Phi) is 6.21. The van der Waals surface area contributed by atoms with Crippen molar-refractivity contribution < 1.29 is 32.6 Å². The molecule has 5 nitrogen and oxygen atoms in total. The summed E-state index contributed by atoms with van der Waals surface area (Å²) in [6.07, 6.45) is -4.71. The SMILES string of the molecule is CC(CC(=O)O)NC(=O)Cc1cccc(OCC(F)(F)F)c1. The number of hydrogen-bond donors (Lipinski definition) is 2. The summed E-state index contributed by atoms with van der Waals surface area (Å²) in [7, 11) is 0. The van der Waals surface area contributed by atoms with E-state index in [9.17, 15) is 22.8 Å². The average molecular weight is 319 g/mol. The number of carboxylic acids is 1. The molecule has 0 fully saturated rings. The van der Waals surface area contributed by atoms with E-state index in [1.54, 1.807) is 13.0 Å². The molecule has 1 amide bonds. The number of amides is 1. The Morgan fingerprint density at radius 1 is 1.36 bits per heavy atom. The number of ether oxygens (including phenoxy) is 1. The van der Waals surface area contributed by atoms with E-state index in [4.69, 9.17) is 5.11 Å². The lowest BCUT2D eigenvalue weighted by molar-refractivity contribution is -0.153. The van der Waals surface area contributed by atoms with E-state index < -0.39 is 30.7 Å². The van der Waals surface area contributed by atoms with Gasteiger partial charge in [0, 0.05) is 6.04 Å². The van der Waals surface area contributed by atoms with Crippen molar-refractivity contribution in [2.24, 2.45) is 0 Å². The lowest BCUT2D eigenvalue weighted by atomic mass is 10.1. The summed E-state index contributed by atoms with van der Waals surface area (Å²) in [4.78, 5) is 22.2. The Bertz CT molecular complexity index is 531. The van der Waals surface area contributed by atoms with Crippen molar-refractivity contribution in [2.45, 2.75) is 32.0 Å². The van der Waals surface area contributed by atoms with Gasteiger partial charge >= 0.3 is 12.1 Å². The van der Waals surface area contributed by atoms with Crippen molar-refractivity contribution in [3.63, 3.8) is 0 Å². The van der Waals surface area contributed by atoms with Crippen LogP contribution in [0.5, 0.6) is 5.75 Å². The summed E-state index contributed by atoms with van der Waals surface area (Å²) >= 11 is 0. The van der Waals surface area contributed by atoms with Crippen LogP contribution in [0.3, 0.4) is 0 Å². The van der Waals surface area contributed by atoms with E-state index in [2.05, 4.69) is 10.1 Å². The first kappa shape index (κ1) is 17.8. The number of carboxylic acid groups (broad SMARTS) is 1. The zero-order valence-electron chi connectivity index (χ0n) is 11.8. The van der Waals surface area contributed by atoms with E-state index in [0.29, 0.717) is 5.56 Å². The Morgan fingerprint density at radius 2 is 2.05 bits per heavy atom. The maximum Gasteiger partial charge on any atom is 0.422 e. The molecule has 0 aliphatic carbocycles. The summed E-state index contributed by atoms with van der Waals surface area (Å²) in [5, 5.41) is 11.1. The fraction of sp³-hybridized carbons (Fsp3) is 0.429. The minimum Gasteiger partial charge on any atom is -0.484 e. The van der Waals surface area contributed by atoms with Crippen molar-refractivity contribution in [3.8, 4) is 5.75 Å². The monoisotopic (exact) mass is 319 g/mol. The highest BCUT2D eigenvalue weighted by Gasteiger charge is 2.28. The molecular formula is C14H16F3NO4. The van der Waals surface area contributed by atoms with Crippen LogP contribution in [0.25, 0.3) is 0 Å². The summed E-state index contributed by atoms with van der Waals surface area (Å²) in [6, 6.07) is 5.22. The second kappa shape index (κ2) is 7.67. The predicted octanol–water partition coefficient (Wildman–Crippen LogP) is 2.15. The number of aliphatic carboxylic acids is 1. The van der Waals surface area contributed by atoms with Crippen LogP contribution in [0.1, 0.15) is 18.9 Å². The van der Waals surface area contributed by atoms with Crippen molar-refractivity contribution in [1.29, 1.82) is 0 Å². The van der Waals surface area contributed by atoms with Gasteiger partial charge in [-0.3, -0.25) is 9.59 Å². The smallest absolute Gasteiger partial charge is 0.422 e. The van der Waals surface area contributed by atoms with Gasteiger partial charge in [-0.05, 0) is 24.6 Å². The Balaban J connectivity index is 2.55.